The molecule has 1 aliphatic rings. The number of hydrogen-bond donors (Lipinski definition) is 1. The molecule has 0 atom stereocenters. The van der Waals surface area contributed by atoms with Crippen LogP contribution < -0.4 is 5.32 Å². The highest BCUT2D eigenvalue weighted by Crippen LogP contribution is 2.32. The fraction of sp³-hybridized carbons (Fsp3) is 0.278. The summed E-state index contributed by atoms with van der Waals surface area (Å²) in [7, 11) is 0. The van der Waals surface area contributed by atoms with Crippen molar-refractivity contribution >= 4 is 16.9 Å². The van der Waals surface area contributed by atoms with E-state index >= 15 is 0 Å². The average Bonchev–Trinajstić information content (AvgIpc) is 3.34. The summed E-state index contributed by atoms with van der Waals surface area (Å²) >= 11 is 0. The molecule has 1 amide bonds. The zero-order chi connectivity index (χ0) is 15.6. The number of aromatic nitrogens is 3. The Labute approximate surface area is 134 Å². The van der Waals surface area contributed by atoms with Crippen LogP contribution in [0.3, 0.4) is 0 Å². The van der Waals surface area contributed by atoms with Crippen LogP contribution in [0, 0.1) is 5.92 Å². The lowest BCUT2D eigenvalue weighted by Crippen LogP contribution is -2.22. The summed E-state index contributed by atoms with van der Waals surface area (Å²) in [6.45, 7) is 1.45. The van der Waals surface area contributed by atoms with Crippen LogP contribution in [0.5, 0.6) is 0 Å². The Morgan fingerprint density at radius 2 is 2.04 bits per heavy atom. The standard InChI is InChI=1S/C18H18N4O/c23-18(21-10-13-5-8-19-9-6-13)16-12-22(11-14-3-4-14)17-15(16)2-1-7-20-17/h1-2,5-9,12,14H,3-4,10-11H2,(H,21,23). The predicted molar refractivity (Wildman–Crippen MR) is 87.9 cm³/mol. The van der Waals surface area contributed by atoms with Crippen molar-refractivity contribution < 1.29 is 4.79 Å². The number of hydrogen-bond acceptors (Lipinski definition) is 3. The number of nitrogens with zero attached hydrogens (tertiary/aromatic N) is 3. The molecule has 3 heterocycles. The average molecular weight is 306 g/mol. The molecule has 0 aliphatic heterocycles. The van der Waals surface area contributed by atoms with Crippen LogP contribution >= 0.6 is 0 Å². The first-order valence-corrected chi connectivity index (χ1v) is 7.92. The van der Waals surface area contributed by atoms with E-state index in [9.17, 15) is 4.79 Å². The molecule has 1 aliphatic carbocycles. The SMILES string of the molecule is O=C(NCc1ccncc1)c1cn(CC2CC2)c2ncccc12. The van der Waals surface area contributed by atoms with Crippen molar-refractivity contribution in [3.63, 3.8) is 0 Å². The smallest absolute Gasteiger partial charge is 0.253 e. The Morgan fingerprint density at radius 1 is 1.22 bits per heavy atom. The van der Waals surface area contributed by atoms with Gasteiger partial charge >= 0.3 is 0 Å². The molecule has 23 heavy (non-hydrogen) atoms. The van der Waals surface area contributed by atoms with E-state index in [0.29, 0.717) is 12.1 Å². The fourth-order valence-corrected chi connectivity index (χ4v) is 2.80. The zero-order valence-electron chi connectivity index (χ0n) is 12.8. The molecule has 0 bridgehead atoms. The zero-order valence-corrected chi connectivity index (χ0v) is 12.8. The Bertz CT molecular complexity index is 837. The highest BCUT2D eigenvalue weighted by molar-refractivity contribution is 6.06. The largest absolute Gasteiger partial charge is 0.348 e. The minimum absolute atomic E-state index is 0.0608. The lowest BCUT2D eigenvalue weighted by atomic mass is 10.2. The third-order valence-electron chi connectivity index (χ3n) is 4.23. The number of pyridine rings is 2. The van der Waals surface area contributed by atoms with E-state index in [1.54, 1.807) is 18.6 Å². The summed E-state index contributed by atoms with van der Waals surface area (Å²) in [5, 5.41) is 3.90. The van der Waals surface area contributed by atoms with E-state index in [-0.39, 0.29) is 5.91 Å². The van der Waals surface area contributed by atoms with Crippen molar-refractivity contribution in [1.29, 1.82) is 0 Å². The lowest BCUT2D eigenvalue weighted by molar-refractivity contribution is 0.0952. The maximum absolute atomic E-state index is 12.6. The van der Waals surface area contributed by atoms with Gasteiger partial charge in [0.05, 0.1) is 5.56 Å². The molecule has 3 aromatic heterocycles. The second-order valence-electron chi connectivity index (χ2n) is 6.05. The molecule has 1 saturated carbocycles. The van der Waals surface area contributed by atoms with Gasteiger partial charge in [-0.15, -0.1) is 0 Å². The van der Waals surface area contributed by atoms with Gasteiger partial charge in [-0.25, -0.2) is 4.98 Å². The Balaban J connectivity index is 1.58. The third kappa shape index (κ3) is 2.95. The third-order valence-corrected chi connectivity index (χ3v) is 4.23. The fourth-order valence-electron chi connectivity index (χ4n) is 2.80. The van der Waals surface area contributed by atoms with Crippen LogP contribution in [0.1, 0.15) is 28.8 Å². The van der Waals surface area contributed by atoms with Gasteiger partial charge in [-0.05, 0) is 48.6 Å². The van der Waals surface area contributed by atoms with Crippen molar-refractivity contribution in [3.8, 4) is 0 Å². The van der Waals surface area contributed by atoms with Crippen LogP contribution in [0.4, 0.5) is 0 Å². The van der Waals surface area contributed by atoms with Gasteiger partial charge in [0.1, 0.15) is 5.65 Å². The van der Waals surface area contributed by atoms with Crippen molar-refractivity contribution in [1.82, 2.24) is 19.9 Å². The first-order chi connectivity index (χ1) is 11.3. The van der Waals surface area contributed by atoms with Gasteiger partial charge in [-0.2, -0.15) is 0 Å². The maximum Gasteiger partial charge on any atom is 0.253 e. The van der Waals surface area contributed by atoms with Crippen LogP contribution in [0.15, 0.2) is 49.1 Å². The molecule has 1 fully saturated rings. The summed E-state index contributed by atoms with van der Waals surface area (Å²) in [5.41, 5.74) is 2.63. The van der Waals surface area contributed by atoms with Gasteiger partial charge in [0.15, 0.2) is 0 Å². The number of fused-ring (bicyclic) bond motifs is 1. The minimum Gasteiger partial charge on any atom is -0.348 e. The molecule has 5 nitrogen and oxygen atoms in total. The van der Waals surface area contributed by atoms with Crippen molar-refractivity contribution in [3.05, 3.63) is 60.2 Å². The number of carbonyl (C=O) groups is 1. The monoisotopic (exact) mass is 306 g/mol. The predicted octanol–water partition coefficient (Wildman–Crippen LogP) is 2.77. The highest BCUT2D eigenvalue weighted by Gasteiger charge is 2.24. The van der Waals surface area contributed by atoms with Crippen LogP contribution in [-0.4, -0.2) is 20.4 Å². The summed E-state index contributed by atoms with van der Waals surface area (Å²) < 4.78 is 2.12. The number of nitrogens with one attached hydrogen (secondary N) is 1. The lowest BCUT2D eigenvalue weighted by Gasteiger charge is -2.04. The molecular weight excluding hydrogens is 288 g/mol. The minimum atomic E-state index is -0.0608. The molecule has 116 valence electrons. The van der Waals surface area contributed by atoms with E-state index < -0.39 is 0 Å². The van der Waals surface area contributed by atoms with Gasteiger partial charge in [0, 0.05) is 43.3 Å². The second-order valence-corrected chi connectivity index (χ2v) is 6.05. The molecule has 3 aromatic rings. The Hall–Kier alpha value is -2.69. The molecule has 5 heteroatoms. The first kappa shape index (κ1) is 13.9. The maximum atomic E-state index is 12.6. The summed E-state index contributed by atoms with van der Waals surface area (Å²) in [6, 6.07) is 7.65. The topological polar surface area (TPSA) is 59.8 Å². The van der Waals surface area contributed by atoms with E-state index in [0.717, 1.165) is 29.1 Å². The van der Waals surface area contributed by atoms with E-state index in [4.69, 9.17) is 0 Å². The quantitative estimate of drug-likeness (QED) is 0.788. The molecule has 1 N–H and O–H groups in total. The number of carbonyl (C=O) groups excluding carboxylic acids is 1. The van der Waals surface area contributed by atoms with Crippen molar-refractivity contribution in [2.45, 2.75) is 25.9 Å². The first-order valence-electron chi connectivity index (χ1n) is 7.92. The van der Waals surface area contributed by atoms with Gasteiger partial charge in [-0.1, -0.05) is 0 Å². The molecule has 0 radical (unpaired) electrons. The molecule has 0 aromatic carbocycles. The Kier molecular flexibility index (Phi) is 3.54. The van der Waals surface area contributed by atoms with Gasteiger partial charge in [0.25, 0.3) is 5.91 Å². The molecule has 0 unspecified atom stereocenters. The van der Waals surface area contributed by atoms with Crippen LogP contribution in [0.2, 0.25) is 0 Å². The molecule has 0 spiro atoms. The van der Waals surface area contributed by atoms with Gasteiger partial charge in [0.2, 0.25) is 0 Å². The van der Waals surface area contributed by atoms with E-state index in [2.05, 4.69) is 19.9 Å². The second kappa shape index (κ2) is 5.83. The van der Waals surface area contributed by atoms with Gasteiger partial charge < -0.3 is 9.88 Å². The van der Waals surface area contributed by atoms with Crippen LogP contribution in [-0.2, 0) is 13.1 Å². The number of rotatable bonds is 5. The van der Waals surface area contributed by atoms with Crippen molar-refractivity contribution in [2.24, 2.45) is 5.92 Å². The highest BCUT2D eigenvalue weighted by atomic mass is 16.1. The molecule has 4 rings (SSSR count). The molecule has 0 saturated heterocycles. The van der Waals surface area contributed by atoms with Gasteiger partial charge in [-0.3, -0.25) is 9.78 Å². The van der Waals surface area contributed by atoms with E-state index in [1.807, 2.05) is 30.5 Å². The summed E-state index contributed by atoms with van der Waals surface area (Å²) in [5.74, 6) is 0.676. The normalized spacial score (nSPS) is 14.1. The Morgan fingerprint density at radius 3 is 2.83 bits per heavy atom. The summed E-state index contributed by atoms with van der Waals surface area (Å²) in [4.78, 5) is 21.0. The van der Waals surface area contributed by atoms with Crippen LogP contribution in [0.25, 0.3) is 11.0 Å². The van der Waals surface area contributed by atoms with E-state index in [1.165, 1.54) is 12.8 Å². The molecular formula is C18H18N4O. The van der Waals surface area contributed by atoms with Crippen molar-refractivity contribution in [2.75, 3.05) is 0 Å². The number of amides is 1. The summed E-state index contributed by atoms with van der Waals surface area (Å²) in [6.07, 6.45) is 9.73.